The van der Waals surface area contributed by atoms with Crippen LogP contribution in [-0.4, -0.2) is 44.2 Å². The summed E-state index contributed by atoms with van der Waals surface area (Å²) in [7, 11) is 2.01. The van der Waals surface area contributed by atoms with Crippen molar-refractivity contribution in [3.63, 3.8) is 0 Å². The molecule has 1 aliphatic rings. The zero-order chi connectivity index (χ0) is 15.1. The molecule has 1 aliphatic carbocycles. The number of carbonyl (C=O) groups is 1. The summed E-state index contributed by atoms with van der Waals surface area (Å²) < 4.78 is 5.59. The number of hydrogen-bond donors (Lipinski definition) is 2. The van der Waals surface area contributed by atoms with Crippen molar-refractivity contribution in [1.29, 1.82) is 0 Å². The minimum absolute atomic E-state index is 0.00588. The van der Waals surface area contributed by atoms with E-state index >= 15 is 0 Å². The third kappa shape index (κ3) is 6.60. The highest BCUT2D eigenvalue weighted by molar-refractivity contribution is 5.91. The maximum Gasteiger partial charge on any atom is 0.225 e. The molecule has 1 amide bonds. The van der Waals surface area contributed by atoms with Crippen LogP contribution in [0.5, 0.6) is 0 Å². The SMILES string of the molecule is CN(CCOCC1CC1)CCC(=O)Nc1cccc(N)c1. The molecule has 0 atom stereocenters. The number of nitrogens with two attached hydrogens (primary N) is 1. The van der Waals surface area contributed by atoms with Crippen molar-refractivity contribution < 1.29 is 9.53 Å². The molecule has 21 heavy (non-hydrogen) atoms. The van der Waals surface area contributed by atoms with E-state index in [9.17, 15) is 4.79 Å². The summed E-state index contributed by atoms with van der Waals surface area (Å²) >= 11 is 0. The first-order valence-corrected chi connectivity index (χ1v) is 7.55. The lowest BCUT2D eigenvalue weighted by atomic mass is 10.2. The predicted molar refractivity (Wildman–Crippen MR) is 85.1 cm³/mol. The summed E-state index contributed by atoms with van der Waals surface area (Å²) in [6.07, 6.45) is 3.11. The van der Waals surface area contributed by atoms with Gasteiger partial charge in [-0.25, -0.2) is 0 Å². The molecule has 0 unspecified atom stereocenters. The second kappa shape index (κ2) is 8.00. The molecule has 1 aromatic rings. The van der Waals surface area contributed by atoms with E-state index in [-0.39, 0.29) is 5.91 Å². The van der Waals surface area contributed by atoms with Crippen molar-refractivity contribution in [2.75, 3.05) is 44.4 Å². The van der Waals surface area contributed by atoms with Crippen LogP contribution in [0.25, 0.3) is 0 Å². The highest BCUT2D eigenvalue weighted by Gasteiger charge is 2.20. The van der Waals surface area contributed by atoms with Crippen molar-refractivity contribution in [3.8, 4) is 0 Å². The molecule has 1 aromatic carbocycles. The summed E-state index contributed by atoms with van der Waals surface area (Å²) in [5.41, 5.74) is 7.07. The van der Waals surface area contributed by atoms with Gasteiger partial charge in [0.05, 0.1) is 6.61 Å². The van der Waals surface area contributed by atoms with Crippen LogP contribution in [0.1, 0.15) is 19.3 Å². The number of anilines is 2. The largest absolute Gasteiger partial charge is 0.399 e. The minimum atomic E-state index is 0.00588. The molecule has 0 spiro atoms. The van der Waals surface area contributed by atoms with Crippen LogP contribution >= 0.6 is 0 Å². The van der Waals surface area contributed by atoms with Crippen molar-refractivity contribution in [1.82, 2.24) is 4.90 Å². The number of amides is 1. The second-order valence-electron chi connectivity index (χ2n) is 5.75. The van der Waals surface area contributed by atoms with Gasteiger partial charge in [0, 0.05) is 37.5 Å². The molecule has 5 heteroatoms. The van der Waals surface area contributed by atoms with Gasteiger partial charge < -0.3 is 20.7 Å². The van der Waals surface area contributed by atoms with Crippen LogP contribution in [0.2, 0.25) is 0 Å². The van der Waals surface area contributed by atoms with Gasteiger partial charge in [-0.1, -0.05) is 6.07 Å². The zero-order valence-corrected chi connectivity index (χ0v) is 12.7. The molecule has 0 aromatic heterocycles. The molecule has 0 aliphatic heterocycles. The minimum Gasteiger partial charge on any atom is -0.399 e. The highest BCUT2D eigenvalue weighted by atomic mass is 16.5. The van der Waals surface area contributed by atoms with Gasteiger partial charge in [0.25, 0.3) is 0 Å². The maximum atomic E-state index is 11.8. The number of ether oxygens (including phenoxy) is 1. The predicted octanol–water partition coefficient (Wildman–Crippen LogP) is 1.96. The Bertz CT molecular complexity index is 461. The molecule has 116 valence electrons. The van der Waals surface area contributed by atoms with Crippen LogP contribution in [0, 0.1) is 5.92 Å². The van der Waals surface area contributed by atoms with Crippen molar-refractivity contribution in [3.05, 3.63) is 24.3 Å². The average molecular weight is 291 g/mol. The molecule has 1 fully saturated rings. The molecule has 0 bridgehead atoms. The quantitative estimate of drug-likeness (QED) is 0.539. The number of nitrogens with one attached hydrogen (secondary N) is 1. The third-order valence-electron chi connectivity index (χ3n) is 3.56. The topological polar surface area (TPSA) is 67.6 Å². The van der Waals surface area contributed by atoms with E-state index in [0.29, 0.717) is 12.1 Å². The Kier molecular flexibility index (Phi) is 6.02. The van der Waals surface area contributed by atoms with Crippen LogP contribution in [0.3, 0.4) is 0 Å². The van der Waals surface area contributed by atoms with E-state index in [2.05, 4.69) is 10.2 Å². The first-order chi connectivity index (χ1) is 10.1. The fourth-order valence-corrected chi connectivity index (χ4v) is 2.00. The molecule has 0 heterocycles. The van der Waals surface area contributed by atoms with Gasteiger partial charge in [0.15, 0.2) is 0 Å². The summed E-state index contributed by atoms with van der Waals surface area (Å²) in [6, 6.07) is 7.22. The fraction of sp³-hybridized carbons (Fsp3) is 0.562. The Morgan fingerprint density at radius 2 is 2.24 bits per heavy atom. The Morgan fingerprint density at radius 1 is 1.43 bits per heavy atom. The van der Waals surface area contributed by atoms with Gasteiger partial charge in [0.2, 0.25) is 5.91 Å². The summed E-state index contributed by atoms with van der Waals surface area (Å²) in [5, 5.41) is 2.85. The average Bonchev–Trinajstić information content (AvgIpc) is 3.25. The van der Waals surface area contributed by atoms with Crippen LogP contribution in [-0.2, 0) is 9.53 Å². The molecule has 5 nitrogen and oxygen atoms in total. The van der Waals surface area contributed by atoms with E-state index in [4.69, 9.17) is 10.5 Å². The highest BCUT2D eigenvalue weighted by Crippen LogP contribution is 2.28. The summed E-state index contributed by atoms with van der Waals surface area (Å²) in [4.78, 5) is 14.0. The number of benzene rings is 1. The number of carbonyl (C=O) groups excluding carboxylic acids is 1. The lowest BCUT2D eigenvalue weighted by Gasteiger charge is -2.16. The van der Waals surface area contributed by atoms with Gasteiger partial charge in [-0.05, 0) is 44.0 Å². The summed E-state index contributed by atoms with van der Waals surface area (Å²) in [6.45, 7) is 3.22. The molecular weight excluding hydrogens is 266 g/mol. The Balaban J connectivity index is 1.56. The van der Waals surface area contributed by atoms with Gasteiger partial charge in [0.1, 0.15) is 0 Å². The molecular formula is C16H25N3O2. The number of hydrogen-bond acceptors (Lipinski definition) is 4. The van der Waals surface area contributed by atoms with E-state index in [1.807, 2.05) is 19.2 Å². The molecule has 1 saturated carbocycles. The van der Waals surface area contributed by atoms with Crippen LogP contribution in [0.4, 0.5) is 11.4 Å². The Labute approximate surface area is 126 Å². The zero-order valence-electron chi connectivity index (χ0n) is 12.7. The normalized spacial score (nSPS) is 14.4. The van der Waals surface area contributed by atoms with Gasteiger partial charge in [-0.2, -0.15) is 0 Å². The fourth-order valence-electron chi connectivity index (χ4n) is 2.00. The first-order valence-electron chi connectivity index (χ1n) is 7.55. The third-order valence-corrected chi connectivity index (χ3v) is 3.56. The van der Waals surface area contributed by atoms with Crippen molar-refractivity contribution in [2.45, 2.75) is 19.3 Å². The number of nitrogens with zero attached hydrogens (tertiary/aromatic N) is 1. The van der Waals surface area contributed by atoms with E-state index < -0.39 is 0 Å². The standard InChI is InChI=1S/C16H25N3O2/c1-19(9-10-21-12-13-5-6-13)8-7-16(20)18-15-4-2-3-14(17)11-15/h2-4,11,13H,5-10,12,17H2,1H3,(H,18,20). The Hall–Kier alpha value is -1.59. The van der Waals surface area contributed by atoms with Crippen molar-refractivity contribution >= 4 is 17.3 Å². The number of likely N-dealkylation sites (N-methyl/N-ethyl adjacent to an activating group) is 1. The lowest BCUT2D eigenvalue weighted by molar-refractivity contribution is -0.116. The van der Waals surface area contributed by atoms with Gasteiger partial charge in [-0.3, -0.25) is 4.79 Å². The number of nitrogen functional groups attached to an aromatic ring is 1. The Morgan fingerprint density at radius 3 is 2.95 bits per heavy atom. The second-order valence-corrected chi connectivity index (χ2v) is 5.75. The molecule has 0 saturated heterocycles. The van der Waals surface area contributed by atoms with E-state index in [1.54, 1.807) is 12.1 Å². The first kappa shape index (κ1) is 15.8. The van der Waals surface area contributed by atoms with Crippen LogP contribution in [0.15, 0.2) is 24.3 Å². The van der Waals surface area contributed by atoms with Gasteiger partial charge >= 0.3 is 0 Å². The van der Waals surface area contributed by atoms with E-state index in [1.165, 1.54) is 12.8 Å². The van der Waals surface area contributed by atoms with Crippen LogP contribution < -0.4 is 11.1 Å². The molecule has 3 N–H and O–H groups in total. The lowest BCUT2D eigenvalue weighted by Crippen LogP contribution is -2.27. The maximum absolute atomic E-state index is 11.8. The molecule has 0 radical (unpaired) electrons. The smallest absolute Gasteiger partial charge is 0.225 e. The van der Waals surface area contributed by atoms with E-state index in [0.717, 1.165) is 37.9 Å². The number of rotatable bonds is 9. The van der Waals surface area contributed by atoms with Gasteiger partial charge in [-0.15, -0.1) is 0 Å². The monoisotopic (exact) mass is 291 g/mol. The molecule has 2 rings (SSSR count). The van der Waals surface area contributed by atoms with Crippen molar-refractivity contribution in [2.24, 2.45) is 5.92 Å². The summed E-state index contributed by atoms with van der Waals surface area (Å²) in [5.74, 6) is 0.811.